The van der Waals surface area contributed by atoms with Crippen molar-refractivity contribution in [2.75, 3.05) is 13.2 Å². The van der Waals surface area contributed by atoms with Crippen LogP contribution in [0.15, 0.2) is 24.3 Å². The van der Waals surface area contributed by atoms with Gasteiger partial charge in [-0.25, -0.2) is 0 Å². The standard InChI is InChI=1S/C22H32O7/c1-21(2)15-11-27-13-7-5-4-6-12(13)22(15,3)9-8-16(21)29-20-19(26)18(25)17(24)14(10-23)28-20/h4-7,14-20,23-26H,8-11H2,1-3H3/t14-,15+,16-,17-,18+,19+,20-,22+/m0/s1. The second-order valence-corrected chi connectivity index (χ2v) is 9.46. The van der Waals surface area contributed by atoms with Crippen molar-refractivity contribution < 1.29 is 34.6 Å². The van der Waals surface area contributed by atoms with Crippen LogP contribution in [0.5, 0.6) is 5.75 Å². The van der Waals surface area contributed by atoms with Gasteiger partial charge in [-0.15, -0.1) is 0 Å². The van der Waals surface area contributed by atoms with E-state index in [4.69, 9.17) is 14.2 Å². The second kappa shape index (κ2) is 7.48. The molecule has 0 amide bonds. The first-order chi connectivity index (χ1) is 13.7. The lowest BCUT2D eigenvalue weighted by molar-refractivity contribution is -0.325. The predicted molar refractivity (Wildman–Crippen MR) is 104 cm³/mol. The van der Waals surface area contributed by atoms with Gasteiger partial charge in [0.1, 0.15) is 30.2 Å². The fourth-order valence-electron chi connectivity index (χ4n) is 5.57. The number of hydrogen-bond acceptors (Lipinski definition) is 7. The fourth-order valence-corrected chi connectivity index (χ4v) is 5.57. The van der Waals surface area contributed by atoms with Crippen LogP contribution < -0.4 is 4.74 Å². The molecule has 3 aliphatic rings. The molecule has 4 N–H and O–H groups in total. The molecule has 0 spiro atoms. The summed E-state index contributed by atoms with van der Waals surface area (Å²) in [6.07, 6.45) is -4.90. The van der Waals surface area contributed by atoms with Crippen molar-refractivity contribution in [3.05, 3.63) is 29.8 Å². The molecule has 1 saturated heterocycles. The third-order valence-electron chi connectivity index (χ3n) is 7.48. The van der Waals surface area contributed by atoms with Crippen molar-refractivity contribution in [3.63, 3.8) is 0 Å². The Hall–Kier alpha value is -1.22. The lowest BCUT2D eigenvalue weighted by Crippen LogP contribution is -2.62. The van der Waals surface area contributed by atoms with Gasteiger partial charge in [-0.3, -0.25) is 0 Å². The molecule has 0 bridgehead atoms. The van der Waals surface area contributed by atoms with Crippen LogP contribution in [0, 0.1) is 11.3 Å². The molecule has 162 valence electrons. The Kier molecular flexibility index (Phi) is 5.42. The van der Waals surface area contributed by atoms with Crippen molar-refractivity contribution in [1.29, 1.82) is 0 Å². The zero-order chi connectivity index (χ0) is 21.0. The van der Waals surface area contributed by atoms with E-state index in [0.29, 0.717) is 6.61 Å². The van der Waals surface area contributed by atoms with E-state index in [1.165, 1.54) is 5.56 Å². The van der Waals surface area contributed by atoms with E-state index >= 15 is 0 Å². The Morgan fingerprint density at radius 2 is 1.79 bits per heavy atom. The number of fused-ring (bicyclic) bond motifs is 3. The van der Waals surface area contributed by atoms with Gasteiger partial charge in [-0.05, 0) is 24.3 Å². The Morgan fingerprint density at radius 3 is 2.52 bits per heavy atom. The van der Waals surface area contributed by atoms with Crippen molar-refractivity contribution >= 4 is 0 Å². The van der Waals surface area contributed by atoms with Crippen LogP contribution >= 0.6 is 0 Å². The molecule has 0 radical (unpaired) electrons. The molecule has 7 heteroatoms. The summed E-state index contributed by atoms with van der Waals surface area (Å²) in [5, 5.41) is 39.9. The number of aliphatic hydroxyl groups is 4. The van der Waals surface area contributed by atoms with Crippen LogP contribution in [0.25, 0.3) is 0 Å². The SMILES string of the molecule is CC1(C)[C@@H](O[C@@H]2O[C@@H](CO)[C@H](O)[C@@H](O)[C@H]2O)CC[C@]2(C)c3ccccc3OC[C@H]12. The molecule has 2 aliphatic heterocycles. The minimum Gasteiger partial charge on any atom is -0.493 e. The molecule has 29 heavy (non-hydrogen) atoms. The molecule has 1 aliphatic carbocycles. The molecule has 0 aromatic heterocycles. The van der Waals surface area contributed by atoms with E-state index in [2.05, 4.69) is 26.8 Å². The topological polar surface area (TPSA) is 109 Å². The lowest BCUT2D eigenvalue weighted by atomic mass is 9.52. The molecule has 2 fully saturated rings. The number of aliphatic hydroxyl groups excluding tert-OH is 4. The third kappa shape index (κ3) is 3.28. The highest BCUT2D eigenvalue weighted by molar-refractivity contribution is 5.43. The van der Waals surface area contributed by atoms with Gasteiger partial charge in [-0.2, -0.15) is 0 Å². The Balaban J connectivity index is 1.56. The van der Waals surface area contributed by atoms with Gasteiger partial charge in [0.2, 0.25) is 0 Å². The maximum atomic E-state index is 10.4. The van der Waals surface area contributed by atoms with Crippen molar-refractivity contribution in [1.82, 2.24) is 0 Å². The summed E-state index contributed by atoms with van der Waals surface area (Å²) in [4.78, 5) is 0. The average Bonchev–Trinajstić information content (AvgIpc) is 2.70. The van der Waals surface area contributed by atoms with Gasteiger partial charge < -0.3 is 34.6 Å². The van der Waals surface area contributed by atoms with Gasteiger partial charge in [0, 0.05) is 16.9 Å². The Morgan fingerprint density at radius 1 is 1.07 bits per heavy atom. The molecular formula is C22H32O7. The minimum absolute atomic E-state index is 0.0480. The number of para-hydroxylation sites is 1. The summed E-state index contributed by atoms with van der Waals surface area (Å²) in [5.74, 6) is 1.13. The largest absolute Gasteiger partial charge is 0.493 e. The van der Waals surface area contributed by atoms with Crippen molar-refractivity contribution in [2.45, 2.75) is 75.8 Å². The summed E-state index contributed by atoms with van der Waals surface area (Å²) in [6.45, 7) is 6.67. The summed E-state index contributed by atoms with van der Waals surface area (Å²) < 4.78 is 17.8. The minimum atomic E-state index is -1.44. The van der Waals surface area contributed by atoms with Crippen LogP contribution in [-0.4, -0.2) is 70.4 Å². The molecule has 1 aromatic rings. The number of rotatable bonds is 3. The van der Waals surface area contributed by atoms with Crippen LogP contribution in [0.4, 0.5) is 0 Å². The van der Waals surface area contributed by atoms with Crippen LogP contribution in [0.1, 0.15) is 39.2 Å². The average molecular weight is 408 g/mol. The van der Waals surface area contributed by atoms with Crippen molar-refractivity contribution in [3.8, 4) is 5.75 Å². The highest BCUT2D eigenvalue weighted by Gasteiger charge is 2.56. The molecular weight excluding hydrogens is 376 g/mol. The summed E-state index contributed by atoms with van der Waals surface area (Å²) >= 11 is 0. The Labute approximate surface area is 171 Å². The lowest BCUT2D eigenvalue weighted by Gasteiger charge is -2.57. The van der Waals surface area contributed by atoms with Crippen LogP contribution in [0.2, 0.25) is 0 Å². The maximum Gasteiger partial charge on any atom is 0.186 e. The van der Waals surface area contributed by atoms with Gasteiger partial charge in [-0.1, -0.05) is 39.0 Å². The van der Waals surface area contributed by atoms with Gasteiger partial charge >= 0.3 is 0 Å². The van der Waals surface area contributed by atoms with E-state index in [9.17, 15) is 20.4 Å². The zero-order valence-corrected chi connectivity index (χ0v) is 17.2. The quantitative estimate of drug-likeness (QED) is 0.590. The van der Waals surface area contributed by atoms with Gasteiger partial charge in [0.25, 0.3) is 0 Å². The third-order valence-corrected chi connectivity index (χ3v) is 7.48. The highest BCUT2D eigenvalue weighted by Crippen LogP contribution is 2.57. The first-order valence-corrected chi connectivity index (χ1v) is 10.4. The fraction of sp³-hybridized carbons (Fsp3) is 0.727. The summed E-state index contributed by atoms with van der Waals surface area (Å²) in [6, 6.07) is 8.18. The number of ether oxygens (including phenoxy) is 3. The van der Waals surface area contributed by atoms with Gasteiger partial charge in [0.05, 0.1) is 19.3 Å². The van der Waals surface area contributed by atoms with Crippen LogP contribution in [0.3, 0.4) is 0 Å². The van der Waals surface area contributed by atoms with Gasteiger partial charge in [0.15, 0.2) is 6.29 Å². The predicted octanol–water partition coefficient (Wildman–Crippen LogP) is 0.958. The highest BCUT2D eigenvalue weighted by atomic mass is 16.7. The zero-order valence-electron chi connectivity index (χ0n) is 17.2. The molecule has 4 rings (SSSR count). The summed E-state index contributed by atoms with van der Waals surface area (Å²) in [5.41, 5.74) is 0.878. The second-order valence-electron chi connectivity index (χ2n) is 9.46. The van der Waals surface area contributed by atoms with E-state index in [1.807, 2.05) is 18.2 Å². The number of hydrogen-bond donors (Lipinski definition) is 4. The molecule has 8 atom stereocenters. The first-order valence-electron chi connectivity index (χ1n) is 10.4. The van der Waals surface area contributed by atoms with E-state index in [0.717, 1.165) is 18.6 Å². The van der Waals surface area contributed by atoms with Crippen molar-refractivity contribution in [2.24, 2.45) is 11.3 Å². The normalized spacial score (nSPS) is 43.8. The molecule has 1 aromatic carbocycles. The maximum absolute atomic E-state index is 10.4. The monoisotopic (exact) mass is 408 g/mol. The molecule has 1 saturated carbocycles. The summed E-state index contributed by atoms with van der Waals surface area (Å²) in [7, 11) is 0. The van der Waals surface area contributed by atoms with E-state index in [-0.39, 0.29) is 22.9 Å². The Bertz CT molecular complexity index is 736. The smallest absolute Gasteiger partial charge is 0.186 e. The first kappa shape index (κ1) is 21.0. The molecule has 0 unspecified atom stereocenters. The van der Waals surface area contributed by atoms with Crippen LogP contribution in [-0.2, 0) is 14.9 Å². The number of benzene rings is 1. The molecule has 2 heterocycles. The molecule has 7 nitrogen and oxygen atoms in total. The van der Waals surface area contributed by atoms with E-state index < -0.39 is 37.3 Å². The van der Waals surface area contributed by atoms with E-state index in [1.54, 1.807) is 0 Å².